The molecule has 0 aliphatic carbocycles. The van der Waals surface area contributed by atoms with E-state index in [2.05, 4.69) is 4.99 Å². The first kappa shape index (κ1) is 15.9. The van der Waals surface area contributed by atoms with Gasteiger partial charge in [0.15, 0.2) is 0 Å². The molecule has 0 saturated carbocycles. The van der Waals surface area contributed by atoms with E-state index in [0.29, 0.717) is 0 Å². The second-order valence-electron chi connectivity index (χ2n) is 0.637. The summed E-state index contributed by atoms with van der Waals surface area (Å²) in [6.45, 7) is 0. The van der Waals surface area contributed by atoms with Crippen molar-refractivity contribution in [2.45, 2.75) is 0 Å². The standard InChI is InChI=1S/C2H4N4.2H3N/c3-1-6-2(4)5;;/h(H4,4,5,6);2*1H3. The van der Waals surface area contributed by atoms with Gasteiger partial charge in [0.2, 0.25) is 12.2 Å². The molecule has 0 heterocycles. The molecule has 0 bridgehead atoms. The van der Waals surface area contributed by atoms with Crippen molar-refractivity contribution in [3.63, 3.8) is 0 Å². The normalized spacial score (nSPS) is 4.38. The maximum absolute atomic E-state index is 7.64. The van der Waals surface area contributed by atoms with Gasteiger partial charge in [-0.15, -0.1) is 4.99 Å². The van der Waals surface area contributed by atoms with Gasteiger partial charge in [0.25, 0.3) is 0 Å². The Morgan fingerprint density at radius 3 is 1.75 bits per heavy atom. The maximum atomic E-state index is 7.64. The molecule has 0 rings (SSSR count). The Balaban J connectivity index is -0.000000125. The van der Waals surface area contributed by atoms with Gasteiger partial charge in [0, 0.05) is 0 Å². The molecule has 0 unspecified atom stereocenters. The predicted molar refractivity (Wildman–Crippen MR) is 31.5 cm³/mol. The number of nitrogens with zero attached hydrogens (tertiary/aromatic N) is 2. The molecule has 0 spiro atoms. The summed E-state index contributed by atoms with van der Waals surface area (Å²) in [6, 6.07) is 0. The lowest BCUT2D eigenvalue weighted by Crippen LogP contribution is -2.21. The highest BCUT2D eigenvalue weighted by atomic mass is 15.0. The predicted octanol–water partition coefficient (Wildman–Crippen LogP) is -0.935. The van der Waals surface area contributed by atoms with Crippen LogP contribution in [0.3, 0.4) is 0 Å². The molecule has 8 heavy (non-hydrogen) atoms. The Hall–Kier alpha value is -1.32. The lowest BCUT2D eigenvalue weighted by molar-refractivity contribution is 1.39. The fourth-order valence-corrected chi connectivity index (χ4v) is 0.0577. The molecule has 6 nitrogen and oxygen atoms in total. The van der Waals surface area contributed by atoms with Crippen molar-refractivity contribution in [3.05, 3.63) is 0 Å². The summed E-state index contributed by atoms with van der Waals surface area (Å²) in [5.41, 5.74) is 9.42. The fourth-order valence-electron chi connectivity index (χ4n) is 0.0577. The molecule has 0 aromatic carbocycles. The third-order valence-corrected chi connectivity index (χ3v) is 0.179. The van der Waals surface area contributed by atoms with Gasteiger partial charge in [-0.25, -0.2) is 0 Å². The highest BCUT2D eigenvalue weighted by Crippen LogP contribution is 1.49. The second-order valence-corrected chi connectivity index (χ2v) is 0.637. The minimum absolute atomic E-state index is 0. The van der Waals surface area contributed by atoms with Gasteiger partial charge in [-0.05, 0) is 0 Å². The van der Waals surface area contributed by atoms with Crippen LogP contribution in [-0.2, 0) is 0 Å². The van der Waals surface area contributed by atoms with E-state index in [9.17, 15) is 0 Å². The van der Waals surface area contributed by atoms with E-state index in [4.69, 9.17) is 16.7 Å². The Labute approximate surface area is 47.3 Å². The van der Waals surface area contributed by atoms with E-state index in [-0.39, 0.29) is 18.3 Å². The Morgan fingerprint density at radius 2 is 1.75 bits per heavy atom. The smallest absolute Gasteiger partial charge is 0.209 e. The molecule has 6 heteroatoms. The van der Waals surface area contributed by atoms with Crippen LogP contribution in [0.2, 0.25) is 0 Å². The first-order valence-electron chi connectivity index (χ1n) is 1.25. The number of nitriles is 1. The average molecular weight is 118 g/mol. The molecular formula is C2H10N6. The fraction of sp³-hybridized carbons (Fsp3) is 0. The van der Waals surface area contributed by atoms with E-state index >= 15 is 0 Å². The first-order chi connectivity index (χ1) is 2.77. The number of rotatable bonds is 0. The van der Waals surface area contributed by atoms with E-state index in [1.807, 2.05) is 0 Å². The van der Waals surface area contributed by atoms with Crippen LogP contribution in [0.1, 0.15) is 0 Å². The third-order valence-electron chi connectivity index (χ3n) is 0.179. The molecule has 0 saturated heterocycles. The number of aliphatic imine (C=N–C) groups is 1. The lowest BCUT2D eigenvalue weighted by Gasteiger charge is -1.74. The SMILES string of the molecule is N.N.N#CN=C(N)N. The summed E-state index contributed by atoms with van der Waals surface area (Å²) in [5.74, 6) is -0.197. The quantitative estimate of drug-likeness (QED) is 0.183. The van der Waals surface area contributed by atoms with Gasteiger partial charge in [-0.2, -0.15) is 5.26 Å². The van der Waals surface area contributed by atoms with Gasteiger partial charge in [-0.3, -0.25) is 0 Å². The van der Waals surface area contributed by atoms with Gasteiger partial charge in [0.1, 0.15) is 0 Å². The van der Waals surface area contributed by atoms with Crippen LogP contribution in [-0.4, -0.2) is 5.96 Å². The minimum Gasteiger partial charge on any atom is -0.369 e. The molecule has 0 radical (unpaired) electrons. The Bertz CT molecular complexity index is 93.6. The molecule has 0 aromatic heterocycles. The molecule has 0 amide bonds. The zero-order valence-corrected chi connectivity index (χ0v) is 4.46. The molecule has 48 valence electrons. The van der Waals surface area contributed by atoms with Crippen LogP contribution in [0.15, 0.2) is 4.99 Å². The number of guanidine groups is 1. The molecular weight excluding hydrogens is 108 g/mol. The van der Waals surface area contributed by atoms with Crippen LogP contribution in [0.25, 0.3) is 0 Å². The molecule has 0 aliphatic rings. The third kappa shape index (κ3) is 22.5. The first-order valence-corrected chi connectivity index (χ1v) is 1.25. The van der Waals surface area contributed by atoms with Crippen molar-refractivity contribution in [3.8, 4) is 6.19 Å². The Morgan fingerprint density at radius 1 is 1.38 bits per heavy atom. The summed E-state index contributed by atoms with van der Waals surface area (Å²) in [4.78, 5) is 2.90. The van der Waals surface area contributed by atoms with Gasteiger partial charge >= 0.3 is 0 Å². The topological polar surface area (TPSA) is 158 Å². The van der Waals surface area contributed by atoms with Crippen molar-refractivity contribution in [2.75, 3.05) is 0 Å². The summed E-state index contributed by atoms with van der Waals surface area (Å²) in [7, 11) is 0. The van der Waals surface area contributed by atoms with Crippen molar-refractivity contribution >= 4 is 5.96 Å². The summed E-state index contributed by atoms with van der Waals surface area (Å²) in [5, 5.41) is 7.64. The van der Waals surface area contributed by atoms with Crippen LogP contribution in [0.4, 0.5) is 0 Å². The van der Waals surface area contributed by atoms with Crippen LogP contribution in [0.5, 0.6) is 0 Å². The molecule has 0 atom stereocenters. The van der Waals surface area contributed by atoms with E-state index in [1.54, 1.807) is 0 Å². The van der Waals surface area contributed by atoms with Crippen molar-refractivity contribution < 1.29 is 0 Å². The van der Waals surface area contributed by atoms with Crippen LogP contribution in [0, 0.1) is 11.5 Å². The average Bonchev–Trinajstić information content (AvgIpc) is 1.35. The zero-order valence-electron chi connectivity index (χ0n) is 4.46. The summed E-state index contributed by atoms with van der Waals surface area (Å²) < 4.78 is 0. The van der Waals surface area contributed by atoms with Crippen molar-refractivity contribution in [2.24, 2.45) is 16.5 Å². The minimum atomic E-state index is -0.197. The monoisotopic (exact) mass is 118 g/mol. The van der Waals surface area contributed by atoms with Crippen molar-refractivity contribution in [1.82, 2.24) is 12.3 Å². The summed E-state index contributed by atoms with van der Waals surface area (Å²) in [6.07, 6.45) is 1.41. The molecule has 10 N–H and O–H groups in total. The lowest BCUT2D eigenvalue weighted by atomic mass is 11.1. The molecule has 0 fully saturated rings. The number of hydrogen-bond donors (Lipinski definition) is 4. The van der Waals surface area contributed by atoms with Gasteiger partial charge in [-0.1, -0.05) is 0 Å². The summed E-state index contributed by atoms with van der Waals surface area (Å²) >= 11 is 0. The van der Waals surface area contributed by atoms with Gasteiger partial charge < -0.3 is 23.8 Å². The highest BCUT2D eigenvalue weighted by Gasteiger charge is 1.67. The number of hydrogen-bond acceptors (Lipinski definition) is 4. The maximum Gasteiger partial charge on any atom is 0.209 e. The van der Waals surface area contributed by atoms with E-state index in [0.717, 1.165) is 0 Å². The van der Waals surface area contributed by atoms with E-state index in [1.165, 1.54) is 6.19 Å². The largest absolute Gasteiger partial charge is 0.369 e. The van der Waals surface area contributed by atoms with Crippen LogP contribution < -0.4 is 23.8 Å². The van der Waals surface area contributed by atoms with Gasteiger partial charge in [0.05, 0.1) is 0 Å². The zero-order chi connectivity index (χ0) is 4.99. The van der Waals surface area contributed by atoms with Crippen LogP contribution >= 0.6 is 0 Å². The van der Waals surface area contributed by atoms with E-state index < -0.39 is 0 Å². The molecule has 0 aliphatic heterocycles. The Kier molecular flexibility index (Phi) is 18.3. The second kappa shape index (κ2) is 9.19. The number of nitrogens with two attached hydrogens (primary N) is 2. The molecule has 0 aromatic rings. The highest BCUT2D eigenvalue weighted by molar-refractivity contribution is 5.76. The van der Waals surface area contributed by atoms with Crippen molar-refractivity contribution in [1.29, 1.82) is 5.26 Å².